The van der Waals surface area contributed by atoms with Crippen molar-refractivity contribution >= 4 is 12.0 Å². The van der Waals surface area contributed by atoms with Crippen LogP contribution in [-0.2, 0) is 16.0 Å². The second kappa shape index (κ2) is 7.68. The van der Waals surface area contributed by atoms with Crippen LogP contribution in [0.5, 0.6) is 0 Å². The molecular formula is C17H28N4O3. The van der Waals surface area contributed by atoms with Gasteiger partial charge in [-0.1, -0.05) is 27.7 Å². The number of imidazole rings is 1. The van der Waals surface area contributed by atoms with Gasteiger partial charge in [0, 0.05) is 18.4 Å². The van der Waals surface area contributed by atoms with Gasteiger partial charge in [-0.15, -0.1) is 0 Å². The Kier molecular flexibility index (Phi) is 5.85. The monoisotopic (exact) mass is 336 g/mol. The molecule has 1 aliphatic rings. The first-order valence-corrected chi connectivity index (χ1v) is 8.56. The number of methoxy groups -OCH3 is 1. The Morgan fingerprint density at radius 2 is 2.21 bits per heavy atom. The number of rotatable bonds is 5. The summed E-state index contributed by atoms with van der Waals surface area (Å²) in [5.74, 6) is 1.10. The van der Waals surface area contributed by atoms with Crippen LogP contribution in [0.25, 0.3) is 0 Å². The summed E-state index contributed by atoms with van der Waals surface area (Å²) in [5, 5.41) is 2.66. The summed E-state index contributed by atoms with van der Waals surface area (Å²) in [5.41, 5.74) is 1.06. The van der Waals surface area contributed by atoms with Crippen LogP contribution in [0.3, 0.4) is 0 Å². The largest absolute Gasteiger partial charge is 0.453 e. The van der Waals surface area contributed by atoms with E-state index in [0.29, 0.717) is 12.5 Å². The Labute approximate surface area is 143 Å². The molecule has 0 saturated carbocycles. The minimum absolute atomic E-state index is 0.0315. The number of alkyl carbamates (subject to hydrolysis) is 1. The molecule has 1 aliphatic heterocycles. The van der Waals surface area contributed by atoms with Crippen molar-refractivity contribution in [2.75, 3.05) is 13.7 Å². The average Bonchev–Trinajstić information content (AvgIpc) is 3.17. The normalized spacial score (nSPS) is 21.8. The summed E-state index contributed by atoms with van der Waals surface area (Å²) in [6.45, 7) is 8.68. The lowest BCUT2D eigenvalue weighted by atomic mass is 10.0. The number of carbonyl (C=O) groups is 2. The first-order chi connectivity index (χ1) is 11.4. The molecule has 3 unspecified atom stereocenters. The van der Waals surface area contributed by atoms with Crippen LogP contribution in [0.1, 0.15) is 51.7 Å². The second-order valence-corrected chi connectivity index (χ2v) is 6.85. The summed E-state index contributed by atoms with van der Waals surface area (Å²) < 4.78 is 4.65. The number of ether oxygens (including phenoxy) is 1. The van der Waals surface area contributed by atoms with Crippen molar-refractivity contribution in [1.82, 2.24) is 20.2 Å². The number of amides is 2. The van der Waals surface area contributed by atoms with E-state index in [1.54, 1.807) is 0 Å². The van der Waals surface area contributed by atoms with Crippen LogP contribution in [0, 0.1) is 11.8 Å². The molecule has 1 saturated heterocycles. The van der Waals surface area contributed by atoms with E-state index in [-0.39, 0.29) is 17.9 Å². The molecule has 2 N–H and O–H groups in total. The van der Waals surface area contributed by atoms with Gasteiger partial charge in [-0.3, -0.25) is 4.79 Å². The topological polar surface area (TPSA) is 87.3 Å². The zero-order valence-corrected chi connectivity index (χ0v) is 15.1. The van der Waals surface area contributed by atoms with Crippen molar-refractivity contribution < 1.29 is 14.3 Å². The fourth-order valence-electron chi connectivity index (χ4n) is 3.15. The van der Waals surface area contributed by atoms with Crippen LogP contribution in [0.15, 0.2) is 6.20 Å². The smallest absolute Gasteiger partial charge is 0.407 e. The number of H-pyrrole nitrogens is 1. The van der Waals surface area contributed by atoms with Crippen LogP contribution in [0.4, 0.5) is 4.79 Å². The Morgan fingerprint density at radius 3 is 2.75 bits per heavy atom. The Balaban J connectivity index is 2.22. The maximum absolute atomic E-state index is 13.1. The van der Waals surface area contributed by atoms with Gasteiger partial charge in [0.25, 0.3) is 0 Å². The minimum atomic E-state index is -0.606. The first-order valence-electron chi connectivity index (χ1n) is 8.56. The molecule has 134 valence electrons. The molecule has 3 atom stereocenters. The first kappa shape index (κ1) is 18.3. The number of hydrogen-bond donors (Lipinski definition) is 2. The number of nitrogens with one attached hydrogen (secondary N) is 2. The average molecular weight is 336 g/mol. The lowest BCUT2D eigenvalue weighted by Gasteiger charge is -2.30. The Bertz CT molecular complexity index is 584. The third-order valence-corrected chi connectivity index (χ3v) is 4.53. The molecule has 0 aromatic carbocycles. The van der Waals surface area contributed by atoms with E-state index in [1.165, 1.54) is 7.11 Å². The Hall–Kier alpha value is -2.05. The van der Waals surface area contributed by atoms with E-state index in [1.807, 2.05) is 24.9 Å². The van der Waals surface area contributed by atoms with Crippen LogP contribution in [0.2, 0.25) is 0 Å². The molecule has 0 spiro atoms. The number of aryl methyl sites for hydroxylation is 1. The molecule has 2 rings (SSSR count). The minimum Gasteiger partial charge on any atom is -0.453 e. The number of likely N-dealkylation sites (tertiary alicyclic amines) is 1. The number of hydrogen-bond acceptors (Lipinski definition) is 4. The predicted octanol–water partition coefficient (Wildman–Crippen LogP) is 2.26. The quantitative estimate of drug-likeness (QED) is 0.863. The lowest BCUT2D eigenvalue weighted by Crippen LogP contribution is -2.51. The predicted molar refractivity (Wildman–Crippen MR) is 90.4 cm³/mol. The van der Waals surface area contributed by atoms with Crippen molar-refractivity contribution in [3.8, 4) is 0 Å². The molecule has 2 heterocycles. The van der Waals surface area contributed by atoms with Crippen molar-refractivity contribution in [2.24, 2.45) is 11.8 Å². The van der Waals surface area contributed by atoms with E-state index in [2.05, 4.69) is 33.9 Å². The van der Waals surface area contributed by atoms with Gasteiger partial charge in [-0.05, 0) is 24.7 Å². The molecule has 24 heavy (non-hydrogen) atoms. The highest BCUT2D eigenvalue weighted by molar-refractivity contribution is 5.86. The van der Waals surface area contributed by atoms with Crippen molar-refractivity contribution in [3.05, 3.63) is 17.7 Å². The van der Waals surface area contributed by atoms with E-state index >= 15 is 0 Å². The Morgan fingerprint density at radius 1 is 1.50 bits per heavy atom. The maximum atomic E-state index is 13.1. The van der Waals surface area contributed by atoms with Gasteiger partial charge in [0.1, 0.15) is 11.9 Å². The summed E-state index contributed by atoms with van der Waals surface area (Å²) in [6.07, 6.45) is 2.98. The standard InChI is InChI=1S/C17H28N4O3/c1-6-12-8-18-15(19-12)13-7-11(4)9-21(13)16(22)14(10(2)3)20-17(23)24-5/h8,10-11,13-14H,6-7,9H2,1-5H3,(H,18,19)(H,20,23). The van der Waals surface area contributed by atoms with Crippen LogP contribution in [-0.4, -0.2) is 46.6 Å². The SMILES string of the molecule is CCc1cnc(C2CC(C)CN2C(=O)C(NC(=O)OC)C(C)C)[nH]1. The molecule has 1 aromatic rings. The molecule has 7 heteroatoms. The van der Waals surface area contributed by atoms with Crippen LogP contribution < -0.4 is 5.32 Å². The van der Waals surface area contributed by atoms with E-state index < -0.39 is 12.1 Å². The van der Waals surface area contributed by atoms with Crippen LogP contribution >= 0.6 is 0 Å². The highest BCUT2D eigenvalue weighted by atomic mass is 16.5. The number of carbonyl (C=O) groups excluding carboxylic acids is 2. The molecule has 1 aromatic heterocycles. The summed E-state index contributed by atoms with van der Waals surface area (Å²) in [4.78, 5) is 34.2. The van der Waals surface area contributed by atoms with Crippen molar-refractivity contribution in [1.29, 1.82) is 0 Å². The van der Waals surface area contributed by atoms with E-state index in [9.17, 15) is 9.59 Å². The third kappa shape index (κ3) is 3.88. The lowest BCUT2D eigenvalue weighted by molar-refractivity contribution is -0.135. The number of aromatic amines is 1. The third-order valence-electron chi connectivity index (χ3n) is 4.53. The highest BCUT2D eigenvalue weighted by Crippen LogP contribution is 2.34. The van der Waals surface area contributed by atoms with Gasteiger partial charge in [0.2, 0.25) is 5.91 Å². The van der Waals surface area contributed by atoms with Gasteiger partial charge in [0.15, 0.2) is 0 Å². The summed E-state index contributed by atoms with van der Waals surface area (Å²) in [6, 6.07) is -0.681. The van der Waals surface area contributed by atoms with E-state index in [0.717, 1.165) is 24.4 Å². The summed E-state index contributed by atoms with van der Waals surface area (Å²) >= 11 is 0. The maximum Gasteiger partial charge on any atom is 0.407 e. The van der Waals surface area contributed by atoms with E-state index in [4.69, 9.17) is 0 Å². The van der Waals surface area contributed by atoms with Gasteiger partial charge >= 0.3 is 6.09 Å². The van der Waals surface area contributed by atoms with Gasteiger partial charge in [-0.25, -0.2) is 9.78 Å². The molecule has 7 nitrogen and oxygen atoms in total. The van der Waals surface area contributed by atoms with Gasteiger partial charge in [0.05, 0.1) is 13.2 Å². The zero-order chi connectivity index (χ0) is 17.9. The highest BCUT2D eigenvalue weighted by Gasteiger charge is 2.39. The summed E-state index contributed by atoms with van der Waals surface area (Å²) in [7, 11) is 1.30. The number of aromatic nitrogens is 2. The zero-order valence-electron chi connectivity index (χ0n) is 15.1. The fourth-order valence-corrected chi connectivity index (χ4v) is 3.15. The second-order valence-electron chi connectivity index (χ2n) is 6.85. The van der Waals surface area contributed by atoms with Crippen molar-refractivity contribution in [3.63, 3.8) is 0 Å². The molecular weight excluding hydrogens is 308 g/mol. The molecule has 0 aliphatic carbocycles. The van der Waals surface area contributed by atoms with Gasteiger partial charge < -0.3 is 19.9 Å². The number of nitrogens with zero attached hydrogens (tertiary/aromatic N) is 2. The fraction of sp³-hybridized carbons (Fsp3) is 0.706. The van der Waals surface area contributed by atoms with Gasteiger partial charge in [-0.2, -0.15) is 0 Å². The van der Waals surface area contributed by atoms with Crippen molar-refractivity contribution in [2.45, 2.75) is 52.6 Å². The molecule has 0 radical (unpaired) electrons. The molecule has 1 fully saturated rings. The molecule has 0 bridgehead atoms. The molecule has 2 amide bonds.